The van der Waals surface area contributed by atoms with Crippen LogP contribution in [0, 0.1) is 12.3 Å². The van der Waals surface area contributed by atoms with E-state index in [-0.39, 0.29) is 11.3 Å². The number of nitrogens with two attached hydrogens (primary N) is 1. The monoisotopic (exact) mass is 254 g/mol. The Labute approximate surface area is 106 Å². The van der Waals surface area contributed by atoms with Gasteiger partial charge >= 0.3 is 0 Å². The molecule has 0 spiro atoms. The fourth-order valence-electron chi connectivity index (χ4n) is 1.12. The Morgan fingerprint density at radius 1 is 1.47 bits per heavy atom. The number of aromatic nitrogens is 2. The minimum Gasteiger partial charge on any atom is -0.409 e. The Kier molecular flexibility index (Phi) is 4.74. The van der Waals surface area contributed by atoms with Gasteiger partial charge in [0, 0.05) is 23.6 Å². The molecule has 0 aliphatic heterocycles. The lowest BCUT2D eigenvalue weighted by Gasteiger charge is -2.21. The van der Waals surface area contributed by atoms with Crippen molar-refractivity contribution in [3.63, 3.8) is 0 Å². The maximum Gasteiger partial charge on any atom is 0.187 e. The van der Waals surface area contributed by atoms with Crippen LogP contribution in [0.4, 0.5) is 0 Å². The maximum absolute atomic E-state index is 8.65. The van der Waals surface area contributed by atoms with E-state index in [1.54, 1.807) is 24.2 Å². The number of nitrogens with zero attached hydrogens (tertiary/aromatic N) is 3. The van der Waals surface area contributed by atoms with Crippen LogP contribution < -0.4 is 5.73 Å². The zero-order valence-electron chi connectivity index (χ0n) is 10.3. The Morgan fingerprint density at radius 3 is 2.59 bits per heavy atom. The fourth-order valence-corrected chi connectivity index (χ4v) is 2.17. The van der Waals surface area contributed by atoms with Crippen molar-refractivity contribution in [1.29, 1.82) is 0 Å². The standard InChI is InChI=1S/C11H18N4OS/c1-8-6-13-10(14-7-8)17-5-4-11(2,3)9(12)15-16/h6-7,16H,4-5H2,1-3H3,(H2,12,15). The van der Waals surface area contributed by atoms with Gasteiger partial charge in [0.05, 0.1) is 0 Å². The van der Waals surface area contributed by atoms with Gasteiger partial charge in [-0.15, -0.1) is 0 Å². The molecule has 0 aliphatic carbocycles. The number of thioether (sulfide) groups is 1. The second kappa shape index (κ2) is 5.86. The third-order valence-corrected chi connectivity index (χ3v) is 3.39. The van der Waals surface area contributed by atoms with Crippen LogP contribution in [0.1, 0.15) is 25.8 Å². The summed E-state index contributed by atoms with van der Waals surface area (Å²) in [5.41, 5.74) is 6.34. The summed E-state index contributed by atoms with van der Waals surface area (Å²) >= 11 is 1.57. The molecule has 0 unspecified atom stereocenters. The molecule has 0 saturated carbocycles. The molecule has 6 heteroatoms. The molecule has 0 atom stereocenters. The molecule has 1 rings (SSSR count). The first-order valence-corrected chi connectivity index (χ1v) is 6.34. The van der Waals surface area contributed by atoms with E-state index >= 15 is 0 Å². The lowest BCUT2D eigenvalue weighted by atomic mass is 9.89. The Balaban J connectivity index is 2.45. The van der Waals surface area contributed by atoms with Gasteiger partial charge in [-0.2, -0.15) is 0 Å². The molecule has 0 saturated heterocycles. The lowest BCUT2D eigenvalue weighted by molar-refractivity contribution is 0.307. The smallest absolute Gasteiger partial charge is 0.187 e. The molecule has 0 bridgehead atoms. The van der Waals surface area contributed by atoms with Gasteiger partial charge in [-0.05, 0) is 18.9 Å². The van der Waals surface area contributed by atoms with Gasteiger partial charge in [0.2, 0.25) is 0 Å². The summed E-state index contributed by atoms with van der Waals surface area (Å²) in [6.07, 6.45) is 4.39. The summed E-state index contributed by atoms with van der Waals surface area (Å²) in [7, 11) is 0. The molecule has 5 nitrogen and oxygen atoms in total. The van der Waals surface area contributed by atoms with Crippen LogP contribution in [0.5, 0.6) is 0 Å². The number of amidine groups is 1. The molecule has 17 heavy (non-hydrogen) atoms. The molecule has 1 aromatic rings. The zero-order chi connectivity index (χ0) is 12.9. The molecular formula is C11H18N4OS. The van der Waals surface area contributed by atoms with E-state index in [9.17, 15) is 0 Å². The molecule has 0 aromatic carbocycles. The van der Waals surface area contributed by atoms with Crippen LogP contribution in [0.25, 0.3) is 0 Å². The number of rotatable bonds is 5. The molecule has 0 aliphatic rings. The third-order valence-electron chi connectivity index (χ3n) is 2.52. The van der Waals surface area contributed by atoms with Crippen LogP contribution in [0.3, 0.4) is 0 Å². The molecule has 0 fully saturated rings. The van der Waals surface area contributed by atoms with Crippen molar-refractivity contribution in [3.05, 3.63) is 18.0 Å². The van der Waals surface area contributed by atoms with E-state index in [4.69, 9.17) is 10.9 Å². The van der Waals surface area contributed by atoms with Gasteiger partial charge in [0.25, 0.3) is 0 Å². The average molecular weight is 254 g/mol. The van der Waals surface area contributed by atoms with Crippen molar-refractivity contribution in [2.24, 2.45) is 16.3 Å². The lowest BCUT2D eigenvalue weighted by Crippen LogP contribution is -2.32. The van der Waals surface area contributed by atoms with Gasteiger partial charge < -0.3 is 10.9 Å². The highest BCUT2D eigenvalue weighted by atomic mass is 32.2. The highest BCUT2D eigenvalue weighted by molar-refractivity contribution is 7.99. The SMILES string of the molecule is Cc1cnc(SCCC(C)(C)C(N)=NO)nc1. The van der Waals surface area contributed by atoms with Gasteiger partial charge in [-0.25, -0.2) is 9.97 Å². The average Bonchev–Trinajstić information content (AvgIpc) is 2.30. The van der Waals surface area contributed by atoms with Crippen molar-refractivity contribution < 1.29 is 5.21 Å². The van der Waals surface area contributed by atoms with E-state index in [1.165, 1.54) is 0 Å². The van der Waals surface area contributed by atoms with Crippen LogP contribution >= 0.6 is 11.8 Å². The van der Waals surface area contributed by atoms with Gasteiger partial charge in [0.1, 0.15) is 5.84 Å². The minimum atomic E-state index is -0.313. The number of oxime groups is 1. The quantitative estimate of drug-likeness (QED) is 0.210. The first kappa shape index (κ1) is 13.8. The third kappa shape index (κ3) is 4.22. The number of hydrogen-bond donors (Lipinski definition) is 2. The Hall–Kier alpha value is -1.30. The largest absolute Gasteiger partial charge is 0.409 e. The number of hydrogen-bond acceptors (Lipinski definition) is 5. The van der Waals surface area contributed by atoms with Gasteiger partial charge in [-0.1, -0.05) is 30.8 Å². The summed E-state index contributed by atoms with van der Waals surface area (Å²) in [5, 5.41) is 12.5. The predicted octanol–water partition coefficient (Wildman–Crippen LogP) is 2.04. The second-order valence-corrected chi connectivity index (χ2v) is 5.57. The molecule has 1 heterocycles. The Bertz CT molecular complexity index is 389. The zero-order valence-corrected chi connectivity index (χ0v) is 11.2. The van der Waals surface area contributed by atoms with Gasteiger partial charge in [-0.3, -0.25) is 0 Å². The summed E-state index contributed by atoms with van der Waals surface area (Å²) < 4.78 is 0. The first-order valence-electron chi connectivity index (χ1n) is 5.35. The van der Waals surface area contributed by atoms with Crippen molar-refractivity contribution in [1.82, 2.24) is 9.97 Å². The van der Waals surface area contributed by atoms with Crippen LogP contribution in [0.15, 0.2) is 22.7 Å². The number of aryl methyl sites for hydroxylation is 1. The highest BCUT2D eigenvalue weighted by Gasteiger charge is 2.23. The summed E-state index contributed by atoms with van der Waals surface area (Å²) in [4.78, 5) is 8.41. The highest BCUT2D eigenvalue weighted by Crippen LogP contribution is 2.25. The van der Waals surface area contributed by atoms with Crippen molar-refractivity contribution in [3.8, 4) is 0 Å². The molecule has 0 radical (unpaired) electrons. The molecular weight excluding hydrogens is 236 g/mol. The summed E-state index contributed by atoms with van der Waals surface area (Å²) in [6.45, 7) is 5.84. The second-order valence-electron chi connectivity index (χ2n) is 4.51. The van der Waals surface area contributed by atoms with E-state index in [1.807, 2.05) is 20.8 Å². The summed E-state index contributed by atoms with van der Waals surface area (Å²) in [6, 6.07) is 0. The maximum atomic E-state index is 8.65. The predicted molar refractivity (Wildman–Crippen MR) is 69.3 cm³/mol. The van der Waals surface area contributed by atoms with Crippen LogP contribution in [-0.2, 0) is 0 Å². The van der Waals surface area contributed by atoms with Crippen LogP contribution in [0.2, 0.25) is 0 Å². The van der Waals surface area contributed by atoms with Crippen molar-refractivity contribution in [2.45, 2.75) is 32.3 Å². The summed E-state index contributed by atoms with van der Waals surface area (Å²) in [5.74, 6) is 1.08. The van der Waals surface area contributed by atoms with E-state index in [0.29, 0.717) is 0 Å². The molecule has 1 aromatic heterocycles. The van der Waals surface area contributed by atoms with E-state index in [2.05, 4.69) is 15.1 Å². The normalized spacial score (nSPS) is 12.8. The molecule has 94 valence electrons. The molecule has 0 amide bonds. The van der Waals surface area contributed by atoms with E-state index in [0.717, 1.165) is 22.9 Å². The Morgan fingerprint density at radius 2 is 2.06 bits per heavy atom. The minimum absolute atomic E-state index is 0.253. The van der Waals surface area contributed by atoms with E-state index < -0.39 is 0 Å². The first-order chi connectivity index (χ1) is 7.95. The van der Waals surface area contributed by atoms with Crippen molar-refractivity contribution in [2.75, 3.05) is 5.75 Å². The fraction of sp³-hybridized carbons (Fsp3) is 0.545. The molecule has 3 N–H and O–H groups in total. The van der Waals surface area contributed by atoms with Crippen molar-refractivity contribution >= 4 is 17.6 Å². The van der Waals surface area contributed by atoms with Crippen LogP contribution in [-0.4, -0.2) is 26.8 Å². The topological polar surface area (TPSA) is 84.4 Å². The van der Waals surface area contributed by atoms with Gasteiger partial charge in [0.15, 0.2) is 5.16 Å².